The van der Waals surface area contributed by atoms with Crippen LogP contribution < -0.4 is 0 Å². The van der Waals surface area contributed by atoms with Crippen molar-refractivity contribution in [3.05, 3.63) is 0 Å². The first-order valence-electron chi connectivity index (χ1n) is 9.02. The van der Waals surface area contributed by atoms with Gasteiger partial charge in [-0.1, -0.05) is 0 Å². The summed E-state index contributed by atoms with van der Waals surface area (Å²) >= 11 is 1.06. The van der Waals surface area contributed by atoms with Gasteiger partial charge >= 0.3 is 156 Å². The third kappa shape index (κ3) is 14.5. The molecule has 0 aliphatic heterocycles. The summed E-state index contributed by atoms with van der Waals surface area (Å²) in [5.41, 5.74) is 0. The van der Waals surface area contributed by atoms with Crippen molar-refractivity contribution in [2.45, 2.75) is 87.6 Å². The van der Waals surface area contributed by atoms with E-state index < -0.39 is 10.4 Å². The van der Waals surface area contributed by atoms with Gasteiger partial charge in [0.15, 0.2) is 0 Å². The van der Waals surface area contributed by atoms with Crippen LogP contribution in [0.4, 0.5) is 0 Å². The van der Waals surface area contributed by atoms with Crippen molar-refractivity contribution >= 4 is 38.3 Å². The Bertz CT molecular complexity index is 346. The van der Waals surface area contributed by atoms with Gasteiger partial charge in [-0.2, -0.15) is 0 Å². The van der Waals surface area contributed by atoms with Crippen molar-refractivity contribution in [3.8, 4) is 0 Å². The van der Waals surface area contributed by atoms with Gasteiger partial charge in [-0.05, 0) is 0 Å². The molecule has 0 aromatic heterocycles. The van der Waals surface area contributed by atoms with E-state index in [1.54, 1.807) is 0 Å². The zero-order chi connectivity index (χ0) is 16.8. The second-order valence-corrected chi connectivity index (χ2v) is 9.08. The van der Waals surface area contributed by atoms with Crippen LogP contribution in [0.5, 0.6) is 0 Å². The molecule has 1 N–H and O–H groups in total. The zero-order valence-electron chi connectivity index (χ0n) is 14.7. The fourth-order valence-electron chi connectivity index (χ4n) is 2.84. The first-order chi connectivity index (χ1) is 10.4. The first-order valence-corrected chi connectivity index (χ1v) is 11.5. The summed E-state index contributed by atoms with van der Waals surface area (Å²) < 4.78 is 35.7. The van der Waals surface area contributed by atoms with E-state index in [1.807, 2.05) is 0 Å². The van der Waals surface area contributed by atoms with Crippen LogP contribution >= 0.6 is 0 Å². The molecule has 4 nitrogen and oxygen atoms in total. The van der Waals surface area contributed by atoms with Crippen LogP contribution in [0.15, 0.2) is 0 Å². The van der Waals surface area contributed by atoms with E-state index in [9.17, 15) is 8.42 Å². The van der Waals surface area contributed by atoms with Crippen molar-refractivity contribution in [3.63, 3.8) is 0 Å². The molecule has 0 radical (unpaired) electrons. The Labute approximate surface area is 155 Å². The summed E-state index contributed by atoms with van der Waals surface area (Å²) in [6.45, 7) is 4.55. The molecule has 0 saturated carbocycles. The second-order valence-electron chi connectivity index (χ2n) is 6.50. The van der Waals surface area contributed by atoms with Crippen molar-refractivity contribution in [1.29, 1.82) is 0 Å². The van der Waals surface area contributed by atoms with E-state index in [0.717, 1.165) is 40.8 Å². The molecule has 0 heterocycles. The monoisotopic (exact) mass is 344 g/mol. The Morgan fingerprint density at radius 2 is 1.41 bits per heavy atom. The van der Waals surface area contributed by atoms with Crippen LogP contribution in [-0.2, 0) is 14.6 Å². The van der Waals surface area contributed by atoms with Gasteiger partial charge in [0.1, 0.15) is 0 Å². The topological polar surface area (TPSA) is 63.6 Å². The van der Waals surface area contributed by atoms with E-state index in [1.165, 1.54) is 57.8 Å². The summed E-state index contributed by atoms with van der Waals surface area (Å²) in [6.07, 6.45) is 13.3. The third-order valence-electron chi connectivity index (χ3n) is 4.43. The molecule has 0 aromatic rings. The average Bonchev–Trinajstić information content (AvgIpc) is 2.45. The third-order valence-corrected chi connectivity index (χ3v) is 6.38. The number of rotatable bonds is 15. The molecule has 0 bridgehead atoms. The van der Waals surface area contributed by atoms with Crippen LogP contribution in [0.2, 0.25) is 3.17 Å². The molecule has 0 fully saturated rings. The molecule has 0 aliphatic carbocycles. The molecule has 0 amide bonds. The predicted octanol–water partition coefficient (Wildman–Crippen LogP) is 4.71. The summed E-state index contributed by atoms with van der Waals surface area (Å²) in [6, 6.07) is 0. The molecule has 128 valence electrons. The van der Waals surface area contributed by atoms with E-state index in [4.69, 9.17) is 4.55 Å². The normalized spacial score (nSPS) is 15.0. The minimum absolute atomic E-state index is 0.147. The van der Waals surface area contributed by atoms with Crippen LogP contribution in [-0.4, -0.2) is 47.5 Å². The molecule has 6 heteroatoms. The van der Waals surface area contributed by atoms with E-state index >= 15 is 0 Å². The number of hydrogen-bond acceptors (Lipinski definition) is 3. The van der Waals surface area contributed by atoms with Crippen LogP contribution in [0, 0.1) is 5.92 Å². The van der Waals surface area contributed by atoms with Gasteiger partial charge in [-0.15, -0.1) is 0 Å². The molecule has 0 aromatic carbocycles. The second kappa shape index (κ2) is 14.2. The molecule has 2 atom stereocenters. The molecule has 0 rings (SSSR count). The molecule has 0 spiro atoms. The Morgan fingerprint density at radius 1 is 0.909 bits per heavy atom. The first kappa shape index (κ1) is 22.9. The van der Waals surface area contributed by atoms with Gasteiger partial charge in [0, 0.05) is 0 Å². The van der Waals surface area contributed by atoms with Gasteiger partial charge in [0.05, 0.1) is 0 Å². The molecule has 0 aliphatic rings. The average molecular weight is 344 g/mol. The zero-order valence-corrected chi connectivity index (χ0v) is 17.5. The van der Waals surface area contributed by atoms with Gasteiger partial charge in [-0.25, -0.2) is 0 Å². The molecular weight excluding hydrogens is 311 g/mol. The maximum absolute atomic E-state index is 10.8. The van der Waals surface area contributed by atoms with Crippen LogP contribution in [0.1, 0.15) is 84.5 Å². The fraction of sp³-hybridized carbons (Fsp3) is 1.00. The Morgan fingerprint density at radius 3 is 1.95 bits per heavy atom. The van der Waals surface area contributed by atoms with Crippen LogP contribution in [0.25, 0.3) is 0 Å². The quantitative estimate of drug-likeness (QED) is 0.265. The van der Waals surface area contributed by atoms with E-state index in [-0.39, 0.29) is 12.5 Å². The summed E-state index contributed by atoms with van der Waals surface area (Å²) in [5.74, 6) is 0.275. The van der Waals surface area contributed by atoms with E-state index in [0.29, 0.717) is 3.17 Å². The standard InChI is InChI=1S/C16H33O4S.Na/c1-3-5-7-9-10-12-14-16(13-11-8-6-4-2)15-20-21(17,18)19;/h14,16H,3-13,15H2,1-2H3,(H,17,18,19);. The molecule has 22 heavy (non-hydrogen) atoms. The van der Waals surface area contributed by atoms with E-state index in [2.05, 4.69) is 18.0 Å². The number of hydrogen-bond donors (Lipinski definition) is 1. The maximum atomic E-state index is 10.8. The summed E-state index contributed by atoms with van der Waals surface area (Å²) in [5, 5.41) is 0. The van der Waals surface area contributed by atoms with Crippen molar-refractivity contribution in [1.82, 2.24) is 0 Å². The van der Waals surface area contributed by atoms with Crippen LogP contribution in [0.3, 0.4) is 0 Å². The molecule has 2 unspecified atom stereocenters. The Hall–Kier alpha value is 0.870. The van der Waals surface area contributed by atoms with Gasteiger partial charge < -0.3 is 0 Å². The van der Waals surface area contributed by atoms with Crippen molar-refractivity contribution < 1.29 is 17.2 Å². The van der Waals surface area contributed by atoms with Gasteiger partial charge in [0.25, 0.3) is 0 Å². The van der Waals surface area contributed by atoms with Crippen molar-refractivity contribution in [2.75, 3.05) is 6.61 Å². The Kier molecular flexibility index (Phi) is 14.8. The van der Waals surface area contributed by atoms with Gasteiger partial charge in [0.2, 0.25) is 0 Å². The summed E-state index contributed by atoms with van der Waals surface area (Å²) in [4.78, 5) is 0. The fourth-order valence-corrected chi connectivity index (χ4v) is 4.13. The SMILES string of the molecule is CCCCCCC[CH]([Na])C(CCCCCC)COS(=O)(=O)O. The molecular formula is C16H33NaO4S. The minimum atomic E-state index is -4.31. The molecule has 0 saturated heterocycles. The van der Waals surface area contributed by atoms with Gasteiger partial charge in [-0.3, -0.25) is 0 Å². The predicted molar refractivity (Wildman–Crippen MR) is 92.6 cm³/mol. The Balaban J connectivity index is 4.16. The van der Waals surface area contributed by atoms with Crippen molar-refractivity contribution in [2.24, 2.45) is 5.92 Å². The summed E-state index contributed by atoms with van der Waals surface area (Å²) in [7, 11) is -4.31. The number of unbranched alkanes of at least 4 members (excludes halogenated alkanes) is 7.